The van der Waals surface area contributed by atoms with E-state index in [4.69, 9.17) is 22.3 Å². The summed E-state index contributed by atoms with van der Waals surface area (Å²) in [5.74, 6) is -6.28. The number of aliphatic hydroxyl groups excluding tert-OH is 1. The van der Waals surface area contributed by atoms with E-state index in [0.717, 1.165) is 0 Å². The van der Waals surface area contributed by atoms with Crippen LogP contribution in [0.1, 0.15) is 33.1 Å². The number of nitrogens with two attached hydrogens (primary N) is 3. The molecule has 0 saturated carbocycles. The molecule has 0 saturated heterocycles. The highest BCUT2D eigenvalue weighted by Crippen LogP contribution is 2.02. The molecule has 0 aromatic heterocycles. The maximum absolute atomic E-state index is 12.5. The zero-order valence-corrected chi connectivity index (χ0v) is 17.3. The number of hydrogen-bond donors (Lipinski definition) is 8. The van der Waals surface area contributed by atoms with Crippen molar-refractivity contribution in [3.63, 3.8) is 0 Å². The first-order chi connectivity index (χ1) is 14.3. The van der Waals surface area contributed by atoms with Crippen molar-refractivity contribution in [2.24, 2.45) is 23.1 Å². The summed E-state index contributed by atoms with van der Waals surface area (Å²) in [5.41, 5.74) is 15.7. The van der Waals surface area contributed by atoms with E-state index in [1.165, 1.54) is 0 Å². The number of carbonyl (C=O) groups excluding carboxylic acids is 5. The Labute approximate surface area is 178 Å². The molecule has 4 atom stereocenters. The van der Waals surface area contributed by atoms with E-state index in [0.29, 0.717) is 0 Å². The SMILES string of the molecule is CC(C)C(N)C(=O)NC(CC(N)=O)C(=O)NC(CO)C(=O)NC(CCC(N)=O)C(=O)O. The molecule has 31 heavy (non-hydrogen) atoms. The van der Waals surface area contributed by atoms with Gasteiger partial charge in [0, 0.05) is 6.42 Å². The van der Waals surface area contributed by atoms with E-state index in [2.05, 4.69) is 16.0 Å². The molecule has 0 aliphatic carbocycles. The van der Waals surface area contributed by atoms with Crippen molar-refractivity contribution >= 4 is 35.5 Å². The van der Waals surface area contributed by atoms with Gasteiger partial charge in [0.1, 0.15) is 18.1 Å². The Morgan fingerprint density at radius 2 is 1.29 bits per heavy atom. The van der Waals surface area contributed by atoms with Crippen molar-refractivity contribution in [2.45, 2.75) is 57.3 Å². The van der Waals surface area contributed by atoms with Gasteiger partial charge in [-0.15, -0.1) is 0 Å². The highest BCUT2D eigenvalue weighted by atomic mass is 16.4. The maximum Gasteiger partial charge on any atom is 0.326 e. The normalized spacial score (nSPS) is 14.6. The van der Waals surface area contributed by atoms with Gasteiger partial charge in [0.05, 0.1) is 19.1 Å². The zero-order valence-electron chi connectivity index (χ0n) is 17.3. The summed E-state index contributed by atoms with van der Waals surface area (Å²) in [4.78, 5) is 70.2. The van der Waals surface area contributed by atoms with Crippen LogP contribution in [0.4, 0.5) is 0 Å². The Balaban J connectivity index is 5.26. The van der Waals surface area contributed by atoms with Gasteiger partial charge in [-0.3, -0.25) is 24.0 Å². The third-order valence-corrected chi connectivity index (χ3v) is 4.17. The second-order valence-electron chi connectivity index (χ2n) is 7.15. The van der Waals surface area contributed by atoms with Crippen LogP contribution in [-0.2, 0) is 28.8 Å². The lowest BCUT2D eigenvalue weighted by atomic mass is 10.0. The number of carboxylic acid groups (broad SMARTS) is 1. The monoisotopic (exact) mass is 446 g/mol. The topological polar surface area (TPSA) is 257 Å². The molecule has 14 heteroatoms. The number of amides is 5. The molecule has 0 aromatic rings. The first kappa shape index (κ1) is 27.7. The lowest BCUT2D eigenvalue weighted by Crippen LogP contribution is -2.59. The van der Waals surface area contributed by atoms with Crippen molar-refractivity contribution < 1.29 is 39.0 Å². The van der Waals surface area contributed by atoms with Crippen LogP contribution >= 0.6 is 0 Å². The van der Waals surface area contributed by atoms with Crippen molar-refractivity contribution in [3.05, 3.63) is 0 Å². The summed E-state index contributed by atoms with van der Waals surface area (Å²) < 4.78 is 0. The highest BCUT2D eigenvalue weighted by Gasteiger charge is 2.31. The van der Waals surface area contributed by atoms with Crippen LogP contribution in [0, 0.1) is 5.92 Å². The molecule has 0 radical (unpaired) electrons. The molecule has 5 amide bonds. The van der Waals surface area contributed by atoms with E-state index in [-0.39, 0.29) is 18.8 Å². The van der Waals surface area contributed by atoms with Gasteiger partial charge in [0.2, 0.25) is 29.5 Å². The minimum Gasteiger partial charge on any atom is -0.480 e. The van der Waals surface area contributed by atoms with Crippen LogP contribution in [0.2, 0.25) is 0 Å². The van der Waals surface area contributed by atoms with Crippen LogP contribution in [0.25, 0.3) is 0 Å². The van der Waals surface area contributed by atoms with Gasteiger partial charge >= 0.3 is 5.97 Å². The number of aliphatic hydroxyl groups is 1. The standard InChI is InChI=1S/C17H30N6O8/c1-7(2)13(20)16(29)22-9(5-12(19)26)14(27)23-10(6-24)15(28)21-8(17(30)31)3-4-11(18)25/h7-10,13,24H,3-6,20H2,1-2H3,(H2,18,25)(H2,19,26)(H,21,28)(H,22,29)(H,23,27)(H,30,31). The van der Waals surface area contributed by atoms with Crippen LogP contribution in [0.5, 0.6) is 0 Å². The molecule has 176 valence electrons. The predicted octanol–water partition coefficient (Wildman–Crippen LogP) is -4.36. The number of aliphatic carboxylic acids is 1. The third-order valence-electron chi connectivity index (χ3n) is 4.17. The van der Waals surface area contributed by atoms with Gasteiger partial charge in [-0.1, -0.05) is 13.8 Å². The van der Waals surface area contributed by atoms with E-state index >= 15 is 0 Å². The number of carbonyl (C=O) groups is 6. The van der Waals surface area contributed by atoms with Gasteiger partial charge < -0.3 is 43.4 Å². The number of carboxylic acids is 1. The van der Waals surface area contributed by atoms with Crippen LogP contribution < -0.4 is 33.2 Å². The number of rotatable bonds is 14. The third kappa shape index (κ3) is 10.4. The molecule has 0 aliphatic heterocycles. The minimum atomic E-state index is -1.62. The van der Waals surface area contributed by atoms with Crippen LogP contribution in [0.3, 0.4) is 0 Å². The summed E-state index contributed by atoms with van der Waals surface area (Å²) >= 11 is 0. The summed E-state index contributed by atoms with van der Waals surface area (Å²) in [7, 11) is 0. The molecule has 0 heterocycles. The Hall–Kier alpha value is -3.26. The van der Waals surface area contributed by atoms with E-state index < -0.39 is 72.7 Å². The Morgan fingerprint density at radius 3 is 1.71 bits per heavy atom. The molecular weight excluding hydrogens is 416 g/mol. The van der Waals surface area contributed by atoms with Gasteiger partial charge in [-0.25, -0.2) is 4.79 Å². The smallest absolute Gasteiger partial charge is 0.326 e. The van der Waals surface area contributed by atoms with Crippen LogP contribution in [-0.4, -0.2) is 76.5 Å². The Kier molecular flexibility index (Phi) is 11.7. The summed E-state index contributed by atoms with van der Waals surface area (Å²) in [5, 5.41) is 25.0. The minimum absolute atomic E-state index is 0.276. The molecular formula is C17H30N6O8. The largest absolute Gasteiger partial charge is 0.480 e. The lowest BCUT2D eigenvalue weighted by molar-refractivity contribution is -0.143. The molecule has 0 aliphatic rings. The highest BCUT2D eigenvalue weighted by molar-refractivity contribution is 5.96. The second kappa shape index (κ2) is 13.1. The number of nitrogens with one attached hydrogen (secondary N) is 3. The van der Waals surface area contributed by atoms with Gasteiger partial charge in [0.25, 0.3) is 0 Å². The summed E-state index contributed by atoms with van der Waals surface area (Å²) in [6.07, 6.45) is -1.25. The Bertz CT molecular complexity index is 698. The molecule has 0 rings (SSSR count). The molecule has 0 bridgehead atoms. The van der Waals surface area contributed by atoms with Crippen molar-refractivity contribution in [1.82, 2.24) is 16.0 Å². The van der Waals surface area contributed by atoms with Gasteiger partial charge in [-0.05, 0) is 12.3 Å². The van der Waals surface area contributed by atoms with E-state index in [1.54, 1.807) is 13.8 Å². The molecule has 11 N–H and O–H groups in total. The summed E-state index contributed by atoms with van der Waals surface area (Å²) in [6, 6.07) is -5.59. The number of hydrogen-bond acceptors (Lipinski definition) is 8. The first-order valence-corrected chi connectivity index (χ1v) is 9.37. The molecule has 0 spiro atoms. The lowest BCUT2D eigenvalue weighted by Gasteiger charge is -2.24. The summed E-state index contributed by atoms with van der Waals surface area (Å²) in [6.45, 7) is 2.40. The quantitative estimate of drug-likeness (QED) is 0.128. The van der Waals surface area contributed by atoms with Crippen LogP contribution in [0.15, 0.2) is 0 Å². The van der Waals surface area contributed by atoms with E-state index in [1.807, 2.05) is 0 Å². The van der Waals surface area contributed by atoms with Crippen molar-refractivity contribution in [1.29, 1.82) is 0 Å². The van der Waals surface area contributed by atoms with Gasteiger partial charge in [0.15, 0.2) is 0 Å². The fourth-order valence-electron chi connectivity index (χ4n) is 2.26. The predicted molar refractivity (Wildman–Crippen MR) is 106 cm³/mol. The number of primary amides is 2. The second-order valence-corrected chi connectivity index (χ2v) is 7.15. The first-order valence-electron chi connectivity index (χ1n) is 9.37. The fourth-order valence-corrected chi connectivity index (χ4v) is 2.26. The van der Waals surface area contributed by atoms with Crippen molar-refractivity contribution in [2.75, 3.05) is 6.61 Å². The fraction of sp³-hybridized carbons (Fsp3) is 0.647. The average Bonchev–Trinajstić information content (AvgIpc) is 2.66. The maximum atomic E-state index is 12.5. The Morgan fingerprint density at radius 1 is 0.806 bits per heavy atom. The molecule has 0 aromatic carbocycles. The average molecular weight is 446 g/mol. The zero-order chi connectivity index (χ0) is 24.3. The van der Waals surface area contributed by atoms with E-state index in [9.17, 15) is 33.9 Å². The van der Waals surface area contributed by atoms with Gasteiger partial charge in [-0.2, -0.15) is 0 Å². The van der Waals surface area contributed by atoms with Crippen molar-refractivity contribution in [3.8, 4) is 0 Å². The molecule has 4 unspecified atom stereocenters. The molecule has 0 fully saturated rings. The molecule has 14 nitrogen and oxygen atoms in total.